The van der Waals surface area contributed by atoms with Crippen LogP contribution in [0.15, 0.2) is 52.3 Å². The lowest BCUT2D eigenvalue weighted by Crippen LogP contribution is -1.87. The van der Waals surface area contributed by atoms with E-state index in [0.717, 1.165) is 0 Å². The van der Waals surface area contributed by atoms with Crippen molar-refractivity contribution in [2.45, 2.75) is 30.6 Å². The Bertz CT molecular complexity index is 504. The summed E-state index contributed by atoms with van der Waals surface area (Å²) in [5.41, 5.74) is 4.13. The Labute approximate surface area is 111 Å². The van der Waals surface area contributed by atoms with Gasteiger partial charge < -0.3 is 0 Å². The summed E-state index contributed by atoms with van der Waals surface area (Å²) >= 11 is 0. The molecule has 2 heteroatoms. The van der Waals surface area contributed by atoms with Gasteiger partial charge in [0, 0.05) is 9.79 Å². The number of rotatable bonds is 3. The highest BCUT2D eigenvalue weighted by atomic mass is 33.1. The van der Waals surface area contributed by atoms with Crippen molar-refractivity contribution in [1.82, 2.24) is 0 Å². The smallest absolute Gasteiger partial charge is 0.0247 e. The van der Waals surface area contributed by atoms with Gasteiger partial charge in [-0.15, -0.1) is 0 Å². The van der Waals surface area contributed by atoms with E-state index in [1.54, 1.807) is 0 Å². The molecule has 0 saturated heterocycles. The monoisotopic (exact) mass is 260 g/mol. The number of hydrogen-bond donors (Lipinski definition) is 0. The molecule has 2 aromatic carbocycles. The van der Waals surface area contributed by atoms with Crippen molar-refractivity contribution in [3.63, 3.8) is 0 Å². The third-order valence-electron chi connectivity index (χ3n) is 2.84. The maximum atomic E-state index is 2.20. The van der Waals surface area contributed by atoms with Crippen LogP contribution in [0.5, 0.6) is 0 Å². The lowest BCUT2D eigenvalue weighted by Gasteiger charge is -2.10. The Balaban J connectivity index is 2.17. The molecular formula is C15H16S2. The molecule has 0 unspecified atom stereocenters. The third kappa shape index (κ3) is 3.08. The van der Waals surface area contributed by atoms with E-state index in [0.29, 0.717) is 0 Å². The van der Waals surface area contributed by atoms with Crippen molar-refractivity contribution >= 4 is 21.6 Å². The molecule has 0 heterocycles. The minimum absolute atomic E-state index is 1.30. The molecule has 0 radical (unpaired) electrons. The minimum Gasteiger partial charge on any atom is -0.0622 e. The van der Waals surface area contributed by atoms with Crippen LogP contribution in [0, 0.1) is 20.8 Å². The maximum absolute atomic E-state index is 2.20. The van der Waals surface area contributed by atoms with Gasteiger partial charge in [0.2, 0.25) is 0 Å². The van der Waals surface area contributed by atoms with Crippen molar-refractivity contribution < 1.29 is 0 Å². The Hall–Kier alpha value is -0.860. The lowest BCUT2D eigenvalue weighted by molar-refractivity contribution is 1.18. The molecule has 0 aliphatic carbocycles. The lowest BCUT2D eigenvalue weighted by atomic mass is 10.1. The number of benzene rings is 2. The van der Waals surface area contributed by atoms with Crippen LogP contribution >= 0.6 is 21.6 Å². The first kappa shape index (κ1) is 12.6. The van der Waals surface area contributed by atoms with Crippen LogP contribution in [-0.4, -0.2) is 0 Å². The van der Waals surface area contributed by atoms with E-state index < -0.39 is 0 Å². The molecule has 0 aliphatic rings. The molecule has 0 atom stereocenters. The average Bonchev–Trinajstić information content (AvgIpc) is 2.35. The molecule has 0 bridgehead atoms. The van der Waals surface area contributed by atoms with Crippen LogP contribution in [0.1, 0.15) is 16.7 Å². The zero-order valence-corrected chi connectivity index (χ0v) is 12.0. The molecule has 17 heavy (non-hydrogen) atoms. The Morgan fingerprint density at radius 1 is 0.706 bits per heavy atom. The van der Waals surface area contributed by atoms with Crippen molar-refractivity contribution in [3.8, 4) is 0 Å². The van der Waals surface area contributed by atoms with Gasteiger partial charge in [-0.25, -0.2) is 0 Å². The molecule has 2 aromatic rings. The van der Waals surface area contributed by atoms with E-state index in [2.05, 4.69) is 63.2 Å². The molecule has 0 aliphatic heterocycles. The van der Waals surface area contributed by atoms with Gasteiger partial charge in [0.1, 0.15) is 0 Å². The predicted octanol–water partition coefficient (Wildman–Crippen LogP) is 5.41. The summed E-state index contributed by atoms with van der Waals surface area (Å²) in [6, 6.07) is 14.9. The normalized spacial score (nSPS) is 10.5. The average molecular weight is 260 g/mol. The van der Waals surface area contributed by atoms with Crippen LogP contribution in [0.2, 0.25) is 0 Å². The molecule has 0 amide bonds. The van der Waals surface area contributed by atoms with Crippen LogP contribution in [-0.2, 0) is 0 Å². The maximum Gasteiger partial charge on any atom is 0.0247 e. The molecule has 88 valence electrons. The van der Waals surface area contributed by atoms with E-state index in [-0.39, 0.29) is 0 Å². The van der Waals surface area contributed by atoms with Crippen LogP contribution in [0.4, 0.5) is 0 Å². The van der Waals surface area contributed by atoms with Crippen LogP contribution in [0.25, 0.3) is 0 Å². The van der Waals surface area contributed by atoms with Crippen molar-refractivity contribution in [2.75, 3.05) is 0 Å². The Morgan fingerprint density at radius 3 is 2.06 bits per heavy atom. The zero-order valence-electron chi connectivity index (χ0n) is 10.4. The fourth-order valence-electron chi connectivity index (χ4n) is 1.62. The molecular weight excluding hydrogens is 244 g/mol. The summed E-state index contributed by atoms with van der Waals surface area (Å²) < 4.78 is 0. The topological polar surface area (TPSA) is 0 Å². The highest BCUT2D eigenvalue weighted by Crippen LogP contribution is 2.40. The summed E-state index contributed by atoms with van der Waals surface area (Å²) in [5, 5.41) is 0. The SMILES string of the molecule is Cc1ccc(C)c(SSc2ccccc2)c1C. The summed E-state index contributed by atoms with van der Waals surface area (Å²) in [5.74, 6) is 0. The van der Waals surface area contributed by atoms with Gasteiger partial charge in [0.05, 0.1) is 0 Å². The van der Waals surface area contributed by atoms with Crippen LogP contribution in [0.3, 0.4) is 0 Å². The molecule has 0 spiro atoms. The number of hydrogen-bond acceptors (Lipinski definition) is 2. The van der Waals surface area contributed by atoms with Gasteiger partial charge in [-0.3, -0.25) is 0 Å². The number of aryl methyl sites for hydroxylation is 2. The van der Waals surface area contributed by atoms with Crippen molar-refractivity contribution in [2.24, 2.45) is 0 Å². The summed E-state index contributed by atoms with van der Waals surface area (Å²) in [4.78, 5) is 2.71. The molecule has 0 saturated carbocycles. The highest BCUT2D eigenvalue weighted by Gasteiger charge is 2.06. The molecule has 0 N–H and O–H groups in total. The van der Waals surface area contributed by atoms with Crippen molar-refractivity contribution in [3.05, 3.63) is 59.2 Å². The van der Waals surface area contributed by atoms with Gasteiger partial charge in [0.15, 0.2) is 0 Å². The second-order valence-corrected chi connectivity index (χ2v) is 6.35. The molecule has 0 aromatic heterocycles. The molecule has 0 nitrogen and oxygen atoms in total. The first-order valence-electron chi connectivity index (χ1n) is 5.65. The van der Waals surface area contributed by atoms with E-state index in [9.17, 15) is 0 Å². The standard InChI is InChI=1S/C15H16S2/c1-11-9-10-12(2)15(13(11)3)17-16-14-7-5-4-6-8-14/h4-10H,1-3H3. The zero-order chi connectivity index (χ0) is 12.3. The highest BCUT2D eigenvalue weighted by molar-refractivity contribution is 8.76. The Kier molecular flexibility index (Phi) is 4.19. The largest absolute Gasteiger partial charge is 0.0622 e. The second kappa shape index (κ2) is 5.65. The van der Waals surface area contributed by atoms with Gasteiger partial charge >= 0.3 is 0 Å². The summed E-state index contributed by atoms with van der Waals surface area (Å²) in [7, 11) is 3.68. The fraction of sp³-hybridized carbons (Fsp3) is 0.200. The van der Waals surface area contributed by atoms with Crippen molar-refractivity contribution in [1.29, 1.82) is 0 Å². The summed E-state index contributed by atoms with van der Waals surface area (Å²) in [6.45, 7) is 6.56. The van der Waals surface area contributed by atoms with Gasteiger partial charge in [-0.1, -0.05) is 51.9 Å². The van der Waals surface area contributed by atoms with Gasteiger partial charge in [-0.05, 0) is 49.6 Å². The Morgan fingerprint density at radius 2 is 1.35 bits per heavy atom. The molecule has 2 rings (SSSR count). The first-order valence-corrected chi connectivity index (χ1v) is 7.80. The quantitative estimate of drug-likeness (QED) is 0.677. The third-order valence-corrected chi connectivity index (χ3v) is 5.51. The van der Waals surface area contributed by atoms with E-state index in [4.69, 9.17) is 0 Å². The molecule has 0 fully saturated rings. The van der Waals surface area contributed by atoms with Crippen LogP contribution < -0.4 is 0 Å². The van der Waals surface area contributed by atoms with Gasteiger partial charge in [0.25, 0.3) is 0 Å². The fourth-order valence-corrected chi connectivity index (χ4v) is 4.19. The van der Waals surface area contributed by atoms with E-state index >= 15 is 0 Å². The minimum atomic E-state index is 1.30. The van der Waals surface area contributed by atoms with E-state index in [1.807, 2.05) is 21.6 Å². The first-order chi connectivity index (χ1) is 8.18. The summed E-state index contributed by atoms with van der Waals surface area (Å²) in [6.07, 6.45) is 0. The van der Waals surface area contributed by atoms with Gasteiger partial charge in [-0.2, -0.15) is 0 Å². The second-order valence-electron chi connectivity index (χ2n) is 4.13. The predicted molar refractivity (Wildman–Crippen MR) is 78.8 cm³/mol. The van der Waals surface area contributed by atoms with E-state index in [1.165, 1.54) is 26.5 Å².